The number of fused-ring (bicyclic) bond motifs is 1. The second-order valence-corrected chi connectivity index (χ2v) is 3.05. The van der Waals surface area contributed by atoms with Gasteiger partial charge in [-0.25, -0.2) is 4.39 Å². The molecule has 2 rings (SSSR count). The Morgan fingerprint density at radius 3 is 2.92 bits per heavy atom. The van der Waals surface area contributed by atoms with Gasteiger partial charge in [0.25, 0.3) is 0 Å². The summed E-state index contributed by atoms with van der Waals surface area (Å²) in [5.74, 6) is -0.286. The summed E-state index contributed by atoms with van der Waals surface area (Å²) in [6.07, 6.45) is 0. The highest BCUT2D eigenvalue weighted by Crippen LogP contribution is 2.24. The van der Waals surface area contributed by atoms with Crippen LogP contribution >= 0.6 is 0 Å². The van der Waals surface area contributed by atoms with Crippen molar-refractivity contribution in [3.63, 3.8) is 0 Å². The molecule has 0 aliphatic carbocycles. The molecule has 0 aliphatic heterocycles. The van der Waals surface area contributed by atoms with E-state index in [1.807, 2.05) is 6.92 Å². The van der Waals surface area contributed by atoms with Gasteiger partial charge in [-0.1, -0.05) is 6.07 Å². The van der Waals surface area contributed by atoms with Crippen LogP contribution in [-0.2, 0) is 6.61 Å². The third-order valence-corrected chi connectivity index (χ3v) is 2.25. The van der Waals surface area contributed by atoms with Crippen molar-refractivity contribution in [2.45, 2.75) is 13.5 Å². The highest BCUT2D eigenvalue weighted by atomic mass is 19.1. The van der Waals surface area contributed by atoms with Gasteiger partial charge in [0.1, 0.15) is 5.82 Å². The molecule has 1 aromatic carbocycles. The third-order valence-electron chi connectivity index (χ3n) is 2.25. The van der Waals surface area contributed by atoms with Crippen LogP contribution in [0.3, 0.4) is 0 Å². The molecule has 0 atom stereocenters. The molecule has 0 spiro atoms. The number of hydrogen-bond donors (Lipinski definition) is 2. The van der Waals surface area contributed by atoms with Gasteiger partial charge in [-0.05, 0) is 19.1 Å². The zero-order valence-electron chi connectivity index (χ0n) is 7.26. The first-order valence-corrected chi connectivity index (χ1v) is 4.10. The van der Waals surface area contributed by atoms with Gasteiger partial charge >= 0.3 is 0 Å². The van der Waals surface area contributed by atoms with Gasteiger partial charge in [-0.15, -0.1) is 0 Å². The van der Waals surface area contributed by atoms with Crippen LogP contribution in [0.2, 0.25) is 0 Å². The van der Waals surface area contributed by atoms with Gasteiger partial charge < -0.3 is 10.1 Å². The summed E-state index contributed by atoms with van der Waals surface area (Å²) in [5.41, 5.74) is 2.21. The van der Waals surface area contributed by atoms with Crippen molar-refractivity contribution in [3.8, 4) is 0 Å². The molecule has 0 bridgehead atoms. The van der Waals surface area contributed by atoms with Crippen molar-refractivity contribution in [3.05, 3.63) is 35.3 Å². The quantitative estimate of drug-likeness (QED) is 0.691. The van der Waals surface area contributed by atoms with E-state index >= 15 is 0 Å². The number of aromatic nitrogens is 1. The summed E-state index contributed by atoms with van der Waals surface area (Å²) in [5, 5.41) is 9.55. The van der Waals surface area contributed by atoms with E-state index in [1.54, 1.807) is 12.1 Å². The predicted molar refractivity (Wildman–Crippen MR) is 48.9 cm³/mol. The number of aliphatic hydroxyl groups excluding tert-OH is 1. The van der Waals surface area contributed by atoms with Crippen LogP contribution in [0, 0.1) is 12.7 Å². The molecule has 2 aromatic rings. The molecule has 1 heterocycles. The topological polar surface area (TPSA) is 36.0 Å². The second kappa shape index (κ2) is 2.85. The highest BCUT2D eigenvalue weighted by molar-refractivity contribution is 5.85. The summed E-state index contributed by atoms with van der Waals surface area (Å²) >= 11 is 0. The molecule has 0 fully saturated rings. The Labute approximate surface area is 75.0 Å². The molecular formula is C10H10FNO. The van der Waals surface area contributed by atoms with E-state index in [2.05, 4.69) is 4.98 Å². The molecule has 3 heteroatoms. The Bertz CT molecular complexity index is 447. The maximum atomic E-state index is 13.3. The highest BCUT2D eigenvalue weighted by Gasteiger charge is 2.10. The molecule has 13 heavy (non-hydrogen) atoms. The average molecular weight is 179 g/mol. The molecule has 0 amide bonds. The number of rotatable bonds is 1. The Balaban J connectivity index is 2.88. The van der Waals surface area contributed by atoms with Crippen LogP contribution in [0.25, 0.3) is 10.9 Å². The molecule has 2 N–H and O–H groups in total. The molecular weight excluding hydrogens is 169 g/mol. The molecule has 0 saturated heterocycles. The van der Waals surface area contributed by atoms with E-state index in [4.69, 9.17) is 5.11 Å². The molecule has 68 valence electrons. The summed E-state index contributed by atoms with van der Waals surface area (Å²) in [6, 6.07) is 4.84. The van der Waals surface area contributed by atoms with E-state index in [0.29, 0.717) is 10.9 Å². The van der Waals surface area contributed by atoms with E-state index < -0.39 is 0 Å². The van der Waals surface area contributed by atoms with Crippen LogP contribution in [0.1, 0.15) is 11.3 Å². The minimum absolute atomic E-state index is 0.132. The summed E-state index contributed by atoms with van der Waals surface area (Å²) in [4.78, 5) is 3.02. The fourth-order valence-corrected chi connectivity index (χ4v) is 1.60. The van der Waals surface area contributed by atoms with E-state index in [1.165, 1.54) is 6.07 Å². The minimum Gasteiger partial charge on any atom is -0.392 e. The molecule has 0 unspecified atom stereocenters. The lowest BCUT2D eigenvalue weighted by Gasteiger charge is -1.95. The standard InChI is InChI=1S/C10H10FNO/c1-6-7(5-13)10-8(11)3-2-4-9(10)12-6/h2-4,12-13H,5H2,1H3. The van der Waals surface area contributed by atoms with Crippen molar-refractivity contribution in [2.24, 2.45) is 0 Å². The fraction of sp³-hybridized carbons (Fsp3) is 0.200. The lowest BCUT2D eigenvalue weighted by atomic mass is 10.1. The molecule has 1 aromatic heterocycles. The molecule has 0 radical (unpaired) electrons. The number of halogens is 1. The van der Waals surface area contributed by atoms with Crippen LogP contribution in [0.4, 0.5) is 4.39 Å². The summed E-state index contributed by atoms with van der Waals surface area (Å²) in [6.45, 7) is 1.69. The zero-order valence-corrected chi connectivity index (χ0v) is 7.26. The van der Waals surface area contributed by atoms with Gasteiger partial charge in [0.05, 0.1) is 6.61 Å². The van der Waals surface area contributed by atoms with Crippen LogP contribution in [-0.4, -0.2) is 10.1 Å². The lowest BCUT2D eigenvalue weighted by Crippen LogP contribution is -1.85. The molecule has 0 saturated carbocycles. The van der Waals surface area contributed by atoms with Crippen molar-refractivity contribution in [1.82, 2.24) is 4.98 Å². The van der Waals surface area contributed by atoms with Gasteiger partial charge in [0, 0.05) is 22.2 Å². The largest absolute Gasteiger partial charge is 0.392 e. The van der Waals surface area contributed by atoms with Gasteiger partial charge in [-0.2, -0.15) is 0 Å². The number of H-pyrrole nitrogens is 1. The number of benzene rings is 1. The third kappa shape index (κ3) is 1.12. The van der Waals surface area contributed by atoms with E-state index in [0.717, 1.165) is 11.2 Å². The second-order valence-electron chi connectivity index (χ2n) is 3.05. The fourth-order valence-electron chi connectivity index (χ4n) is 1.60. The van der Waals surface area contributed by atoms with Crippen molar-refractivity contribution in [2.75, 3.05) is 0 Å². The zero-order chi connectivity index (χ0) is 9.42. The number of nitrogens with one attached hydrogen (secondary N) is 1. The smallest absolute Gasteiger partial charge is 0.132 e. The van der Waals surface area contributed by atoms with E-state index in [-0.39, 0.29) is 12.4 Å². The number of aliphatic hydroxyl groups is 1. The van der Waals surface area contributed by atoms with E-state index in [9.17, 15) is 4.39 Å². The summed E-state index contributed by atoms with van der Waals surface area (Å²) < 4.78 is 13.3. The molecule has 0 aliphatic rings. The maximum Gasteiger partial charge on any atom is 0.132 e. The minimum atomic E-state index is -0.286. The van der Waals surface area contributed by atoms with Crippen molar-refractivity contribution >= 4 is 10.9 Å². The summed E-state index contributed by atoms with van der Waals surface area (Å²) in [7, 11) is 0. The number of hydrogen-bond acceptors (Lipinski definition) is 1. The van der Waals surface area contributed by atoms with Crippen LogP contribution in [0.5, 0.6) is 0 Å². The molecule has 2 nitrogen and oxygen atoms in total. The Hall–Kier alpha value is -1.35. The van der Waals surface area contributed by atoms with Crippen LogP contribution in [0.15, 0.2) is 18.2 Å². The maximum absolute atomic E-state index is 13.3. The first-order valence-electron chi connectivity index (χ1n) is 4.10. The number of aromatic amines is 1. The normalized spacial score (nSPS) is 11.0. The Morgan fingerprint density at radius 2 is 2.23 bits per heavy atom. The lowest BCUT2D eigenvalue weighted by molar-refractivity contribution is 0.282. The van der Waals surface area contributed by atoms with Gasteiger partial charge in [0.2, 0.25) is 0 Å². The number of aryl methyl sites for hydroxylation is 1. The predicted octanol–water partition coefficient (Wildman–Crippen LogP) is 2.11. The monoisotopic (exact) mass is 179 g/mol. The first kappa shape index (κ1) is 8.26. The van der Waals surface area contributed by atoms with Crippen LogP contribution < -0.4 is 0 Å². The SMILES string of the molecule is Cc1[nH]c2cccc(F)c2c1CO. The average Bonchev–Trinajstić information content (AvgIpc) is 2.42. The van der Waals surface area contributed by atoms with Gasteiger partial charge in [-0.3, -0.25) is 0 Å². The first-order chi connectivity index (χ1) is 6.24. The van der Waals surface area contributed by atoms with Gasteiger partial charge in [0.15, 0.2) is 0 Å². The van der Waals surface area contributed by atoms with Crippen molar-refractivity contribution in [1.29, 1.82) is 0 Å². The Morgan fingerprint density at radius 1 is 1.46 bits per heavy atom. The van der Waals surface area contributed by atoms with Crippen molar-refractivity contribution < 1.29 is 9.50 Å². The Kier molecular flexibility index (Phi) is 1.81.